The Labute approximate surface area is 322 Å². The monoisotopic (exact) mass is 761 g/mol. The summed E-state index contributed by atoms with van der Waals surface area (Å²) in [5, 5.41) is 35.3. The van der Waals surface area contributed by atoms with Gasteiger partial charge in [0.2, 0.25) is 5.91 Å². The van der Waals surface area contributed by atoms with E-state index < -0.39 is 71.2 Å². The van der Waals surface area contributed by atoms with E-state index >= 15 is 0 Å². The highest BCUT2D eigenvalue weighted by molar-refractivity contribution is 8.00. The predicted molar refractivity (Wildman–Crippen MR) is 209 cm³/mol. The van der Waals surface area contributed by atoms with E-state index in [9.17, 15) is 34.3 Å². The van der Waals surface area contributed by atoms with Gasteiger partial charge in [-0.2, -0.15) is 0 Å². The molecule has 3 aromatic carbocycles. The predicted octanol–water partition coefficient (Wildman–Crippen LogP) is 5.66. The number of nitrogens with zero attached hydrogens (tertiary/aromatic N) is 1. The number of hydrogen-bond acceptors (Lipinski definition) is 9. The van der Waals surface area contributed by atoms with Gasteiger partial charge in [0, 0.05) is 12.3 Å². The number of carbonyl (C=O) groups excluding carboxylic acids is 3. The summed E-state index contributed by atoms with van der Waals surface area (Å²) in [6.45, 7) is 9.66. The lowest BCUT2D eigenvalue weighted by Gasteiger charge is -2.45. The van der Waals surface area contributed by atoms with Crippen LogP contribution in [0.15, 0.2) is 91.0 Å². The molecule has 1 fully saturated rings. The summed E-state index contributed by atoms with van der Waals surface area (Å²) in [5.41, 5.74) is -0.998. The third-order valence-corrected chi connectivity index (χ3v) is 10.5. The van der Waals surface area contributed by atoms with Crippen molar-refractivity contribution in [2.75, 3.05) is 18.8 Å². The molecule has 0 bridgehead atoms. The van der Waals surface area contributed by atoms with Crippen LogP contribution in [-0.4, -0.2) is 92.9 Å². The average molecular weight is 762 g/mol. The Morgan fingerprint density at radius 3 is 1.70 bits per heavy atom. The van der Waals surface area contributed by atoms with Crippen LogP contribution in [0.4, 0.5) is 9.59 Å². The molecule has 1 aliphatic rings. The van der Waals surface area contributed by atoms with E-state index in [1.54, 1.807) is 41.5 Å². The van der Waals surface area contributed by atoms with Crippen LogP contribution < -0.4 is 10.6 Å². The van der Waals surface area contributed by atoms with Crippen molar-refractivity contribution in [3.8, 4) is 0 Å². The first-order valence-electron chi connectivity index (χ1n) is 18.0. The third kappa shape index (κ3) is 11.2. The Bertz CT molecular complexity index is 1620. The molecule has 14 heteroatoms. The van der Waals surface area contributed by atoms with Crippen molar-refractivity contribution >= 4 is 42.9 Å². The molecule has 4 rings (SSSR count). The molecule has 5 N–H and O–H groups in total. The molecular formula is C40H52BN3O9S. The van der Waals surface area contributed by atoms with Gasteiger partial charge in [-0.25, -0.2) is 14.4 Å². The summed E-state index contributed by atoms with van der Waals surface area (Å²) < 4.78 is 10.2. The summed E-state index contributed by atoms with van der Waals surface area (Å²) in [4.78, 5) is 55.7. The fraction of sp³-hybridized carbons (Fsp3) is 0.450. The van der Waals surface area contributed by atoms with Gasteiger partial charge in [0.05, 0.1) is 11.3 Å². The second-order valence-electron chi connectivity index (χ2n) is 15.7. The van der Waals surface area contributed by atoms with Gasteiger partial charge in [0.25, 0.3) is 0 Å². The van der Waals surface area contributed by atoms with Gasteiger partial charge in [-0.15, -0.1) is 11.8 Å². The molecule has 290 valence electrons. The van der Waals surface area contributed by atoms with Crippen molar-refractivity contribution in [3.05, 3.63) is 108 Å². The Balaban J connectivity index is 1.80. The van der Waals surface area contributed by atoms with Crippen molar-refractivity contribution in [1.29, 1.82) is 0 Å². The van der Waals surface area contributed by atoms with Gasteiger partial charge in [-0.1, -0.05) is 97.4 Å². The Morgan fingerprint density at radius 2 is 1.28 bits per heavy atom. The maximum absolute atomic E-state index is 14.8. The van der Waals surface area contributed by atoms with E-state index in [4.69, 9.17) is 9.47 Å². The molecule has 3 atom stereocenters. The average Bonchev–Trinajstić information content (AvgIpc) is 3.09. The van der Waals surface area contributed by atoms with Crippen molar-refractivity contribution in [3.63, 3.8) is 0 Å². The van der Waals surface area contributed by atoms with Gasteiger partial charge >= 0.3 is 25.3 Å². The number of hydrogen-bond donors (Lipinski definition) is 5. The molecule has 54 heavy (non-hydrogen) atoms. The molecular weight excluding hydrogens is 709 g/mol. The van der Waals surface area contributed by atoms with Crippen molar-refractivity contribution in [1.82, 2.24) is 15.5 Å². The molecule has 0 spiro atoms. The number of amides is 3. The standard InChI is InChI=1S/C40H52BN3O9S/c1-37(2,3)52-35(48)42-32(26-54-40(29-16-10-7-11-17-29,30-18-12-8-13-19-30)31-20-14-9-15-21-31)33(45)44-25-28(22-23-41(50)51)24-39(27-44,34(46)47)43-36(49)53-38(4,5)6/h7-21,28,32,50-51H,22-27H2,1-6H3,(H,42,48)(H,43,49)(H,46,47)/t28-,32-,39+/m0/s1. The van der Waals surface area contributed by atoms with E-state index in [1.165, 1.54) is 16.7 Å². The highest BCUT2D eigenvalue weighted by atomic mass is 32.2. The SMILES string of the molecule is CC(C)(C)OC(=O)N[C@@H](CSC(c1ccccc1)(c1ccccc1)c1ccccc1)C(=O)N1C[C@@H](CCB(O)O)C[C@](NC(=O)OC(C)(C)C)(C(=O)O)C1. The maximum atomic E-state index is 14.8. The fourth-order valence-electron chi connectivity index (χ4n) is 6.69. The number of nitrogens with one attached hydrogen (secondary N) is 2. The normalized spacial score (nSPS) is 18.2. The topological polar surface area (TPSA) is 175 Å². The Morgan fingerprint density at radius 1 is 0.815 bits per heavy atom. The highest BCUT2D eigenvalue weighted by Gasteiger charge is 2.50. The lowest BCUT2D eigenvalue weighted by atomic mass is 9.75. The van der Waals surface area contributed by atoms with E-state index in [1.807, 2.05) is 91.0 Å². The molecule has 0 radical (unpaired) electrons. The Kier molecular flexibility index (Phi) is 13.9. The summed E-state index contributed by atoms with van der Waals surface area (Å²) >= 11 is 1.44. The minimum absolute atomic E-state index is 0.0207. The lowest BCUT2D eigenvalue weighted by Crippen LogP contribution is -2.67. The minimum atomic E-state index is -1.98. The van der Waals surface area contributed by atoms with Crippen LogP contribution in [0.3, 0.4) is 0 Å². The van der Waals surface area contributed by atoms with E-state index in [0.29, 0.717) is 0 Å². The number of piperidine rings is 1. The number of aliphatic carboxylic acids is 1. The Hall–Kier alpha value is -4.53. The summed E-state index contributed by atoms with van der Waals surface area (Å²) in [6.07, 6.45) is -1.85. The molecule has 0 unspecified atom stereocenters. The van der Waals surface area contributed by atoms with Crippen LogP contribution in [-0.2, 0) is 23.8 Å². The second-order valence-corrected chi connectivity index (χ2v) is 16.9. The summed E-state index contributed by atoms with van der Waals surface area (Å²) in [5.74, 6) is -2.53. The fourth-order valence-corrected chi connectivity index (χ4v) is 8.24. The number of benzene rings is 3. The molecule has 0 aromatic heterocycles. The number of ether oxygens (including phenoxy) is 2. The van der Waals surface area contributed by atoms with E-state index in [2.05, 4.69) is 10.6 Å². The first-order valence-corrected chi connectivity index (χ1v) is 19.0. The van der Waals surface area contributed by atoms with Gasteiger partial charge in [-0.3, -0.25) is 4.79 Å². The molecule has 1 heterocycles. The number of carboxylic acid groups (broad SMARTS) is 1. The first-order chi connectivity index (χ1) is 25.3. The second kappa shape index (κ2) is 17.7. The van der Waals surface area contributed by atoms with Gasteiger partial charge in [0.15, 0.2) is 5.54 Å². The van der Waals surface area contributed by atoms with Crippen molar-refractivity contribution < 1.29 is 43.8 Å². The zero-order valence-electron chi connectivity index (χ0n) is 31.8. The van der Waals surface area contributed by atoms with Gasteiger partial charge in [0.1, 0.15) is 17.2 Å². The molecule has 12 nitrogen and oxygen atoms in total. The number of rotatable bonds is 13. The molecule has 0 saturated carbocycles. The van der Waals surface area contributed by atoms with E-state index in [0.717, 1.165) is 16.7 Å². The largest absolute Gasteiger partial charge is 0.479 e. The number of carbonyl (C=O) groups is 4. The van der Waals surface area contributed by atoms with Crippen LogP contribution in [0.1, 0.15) is 71.1 Å². The zero-order chi connectivity index (χ0) is 39.7. The number of alkyl carbamates (subject to hydrolysis) is 2. The van der Waals surface area contributed by atoms with Crippen molar-refractivity contribution in [2.24, 2.45) is 5.92 Å². The van der Waals surface area contributed by atoms with Gasteiger partial charge < -0.3 is 40.2 Å². The number of thioether (sulfide) groups is 1. The molecule has 1 aliphatic heterocycles. The highest BCUT2D eigenvalue weighted by Crippen LogP contribution is 2.48. The smallest absolute Gasteiger partial charge is 0.451 e. The third-order valence-electron chi connectivity index (χ3n) is 8.87. The van der Waals surface area contributed by atoms with Crippen LogP contribution >= 0.6 is 11.8 Å². The molecule has 3 aromatic rings. The van der Waals surface area contributed by atoms with Gasteiger partial charge in [-0.05, 0) is 76.9 Å². The number of likely N-dealkylation sites (tertiary alicyclic amines) is 1. The van der Waals surface area contributed by atoms with Crippen LogP contribution in [0.25, 0.3) is 0 Å². The molecule has 1 saturated heterocycles. The van der Waals surface area contributed by atoms with E-state index in [-0.39, 0.29) is 31.5 Å². The molecule has 3 amide bonds. The van der Waals surface area contributed by atoms with Crippen LogP contribution in [0.5, 0.6) is 0 Å². The number of carboxylic acids is 1. The molecule has 0 aliphatic carbocycles. The first kappa shape index (κ1) is 42.2. The van der Waals surface area contributed by atoms with Crippen LogP contribution in [0, 0.1) is 5.92 Å². The minimum Gasteiger partial charge on any atom is -0.479 e. The van der Waals surface area contributed by atoms with Crippen LogP contribution in [0.2, 0.25) is 6.32 Å². The maximum Gasteiger partial charge on any atom is 0.451 e. The quantitative estimate of drug-likeness (QED) is 0.108. The lowest BCUT2D eigenvalue weighted by molar-refractivity contribution is -0.152. The zero-order valence-corrected chi connectivity index (χ0v) is 32.6. The summed E-state index contributed by atoms with van der Waals surface area (Å²) in [6, 6.07) is 28.3. The summed E-state index contributed by atoms with van der Waals surface area (Å²) in [7, 11) is -1.66. The van der Waals surface area contributed by atoms with Crippen molar-refractivity contribution in [2.45, 2.75) is 88.2 Å².